The van der Waals surface area contributed by atoms with E-state index in [4.69, 9.17) is 5.73 Å². The summed E-state index contributed by atoms with van der Waals surface area (Å²) in [6, 6.07) is 0.665. The summed E-state index contributed by atoms with van der Waals surface area (Å²) in [5, 5.41) is 3.20. The third-order valence-electron chi connectivity index (χ3n) is 3.93. The van der Waals surface area contributed by atoms with Gasteiger partial charge < -0.3 is 11.1 Å². The summed E-state index contributed by atoms with van der Waals surface area (Å²) in [5.41, 5.74) is 5.70. The van der Waals surface area contributed by atoms with Crippen molar-refractivity contribution in [1.82, 2.24) is 5.32 Å². The zero-order valence-electron chi connectivity index (χ0n) is 11.5. The Morgan fingerprint density at radius 2 is 2.06 bits per heavy atom. The highest BCUT2D eigenvalue weighted by Gasteiger charge is 2.26. The fourth-order valence-electron chi connectivity index (χ4n) is 2.56. The van der Waals surface area contributed by atoms with E-state index in [0.29, 0.717) is 12.0 Å². The quantitative estimate of drug-likeness (QED) is 0.749. The van der Waals surface area contributed by atoms with Crippen LogP contribution in [0.2, 0.25) is 0 Å². The smallest absolute Gasteiger partial charge is 0.223 e. The van der Waals surface area contributed by atoms with Gasteiger partial charge in [0.15, 0.2) is 0 Å². The van der Waals surface area contributed by atoms with E-state index in [9.17, 15) is 4.79 Å². The third kappa shape index (κ3) is 5.07. The molecule has 1 fully saturated rings. The van der Waals surface area contributed by atoms with Crippen LogP contribution < -0.4 is 11.1 Å². The number of carbonyl (C=O) groups is 1. The van der Waals surface area contributed by atoms with Gasteiger partial charge in [-0.2, -0.15) is 0 Å². The van der Waals surface area contributed by atoms with E-state index in [1.54, 1.807) is 0 Å². The van der Waals surface area contributed by atoms with Crippen LogP contribution in [0.15, 0.2) is 0 Å². The first-order valence-corrected chi connectivity index (χ1v) is 7.06. The Kier molecular flexibility index (Phi) is 5.96. The van der Waals surface area contributed by atoms with Crippen molar-refractivity contribution in [1.29, 1.82) is 0 Å². The Morgan fingerprint density at radius 3 is 2.59 bits per heavy atom. The topological polar surface area (TPSA) is 55.1 Å². The van der Waals surface area contributed by atoms with Crippen LogP contribution in [0.3, 0.4) is 0 Å². The zero-order valence-corrected chi connectivity index (χ0v) is 11.5. The van der Waals surface area contributed by atoms with Crippen molar-refractivity contribution in [3.63, 3.8) is 0 Å². The lowest BCUT2D eigenvalue weighted by atomic mass is 10.00. The molecular formula is C14H28N2O. The molecule has 0 aromatic carbocycles. The molecule has 1 rings (SSSR count). The second-order valence-electron chi connectivity index (χ2n) is 5.83. The van der Waals surface area contributed by atoms with E-state index in [2.05, 4.69) is 12.2 Å². The van der Waals surface area contributed by atoms with Gasteiger partial charge in [0.25, 0.3) is 0 Å². The van der Waals surface area contributed by atoms with Crippen LogP contribution in [-0.4, -0.2) is 18.0 Å². The van der Waals surface area contributed by atoms with Crippen LogP contribution in [0.1, 0.15) is 59.3 Å². The van der Waals surface area contributed by atoms with Gasteiger partial charge in [-0.05, 0) is 38.5 Å². The van der Waals surface area contributed by atoms with Gasteiger partial charge in [0, 0.05) is 18.0 Å². The maximum Gasteiger partial charge on any atom is 0.223 e. The Labute approximate surface area is 106 Å². The molecule has 4 unspecified atom stereocenters. The minimum atomic E-state index is 0.126. The summed E-state index contributed by atoms with van der Waals surface area (Å²) in [5.74, 6) is 1.00. The lowest BCUT2D eigenvalue weighted by molar-refractivity contribution is -0.125. The van der Waals surface area contributed by atoms with Gasteiger partial charge in [-0.15, -0.1) is 0 Å². The molecule has 17 heavy (non-hydrogen) atoms. The van der Waals surface area contributed by atoms with Crippen LogP contribution in [0.5, 0.6) is 0 Å². The van der Waals surface area contributed by atoms with Crippen molar-refractivity contribution < 1.29 is 4.79 Å². The molecule has 1 aliphatic rings. The van der Waals surface area contributed by atoms with Crippen molar-refractivity contribution in [2.24, 2.45) is 17.6 Å². The Balaban J connectivity index is 2.22. The molecule has 1 amide bonds. The fourth-order valence-corrected chi connectivity index (χ4v) is 2.56. The first-order valence-electron chi connectivity index (χ1n) is 7.06. The molecule has 0 aromatic rings. The minimum absolute atomic E-state index is 0.126. The maximum atomic E-state index is 12.0. The highest BCUT2D eigenvalue weighted by molar-refractivity contribution is 5.78. The summed E-state index contributed by atoms with van der Waals surface area (Å²) >= 11 is 0. The van der Waals surface area contributed by atoms with Crippen molar-refractivity contribution in [3.8, 4) is 0 Å². The zero-order chi connectivity index (χ0) is 12.8. The van der Waals surface area contributed by atoms with Gasteiger partial charge in [-0.25, -0.2) is 0 Å². The van der Waals surface area contributed by atoms with Gasteiger partial charge in [0.2, 0.25) is 5.91 Å². The first kappa shape index (κ1) is 14.5. The normalized spacial score (nSPS) is 27.8. The molecule has 1 saturated carbocycles. The van der Waals surface area contributed by atoms with E-state index in [0.717, 1.165) is 25.7 Å². The molecule has 0 aromatic heterocycles. The van der Waals surface area contributed by atoms with Crippen molar-refractivity contribution in [2.75, 3.05) is 0 Å². The van der Waals surface area contributed by atoms with E-state index in [-0.39, 0.29) is 17.9 Å². The molecule has 3 N–H and O–H groups in total. The highest BCUT2D eigenvalue weighted by Crippen LogP contribution is 2.25. The third-order valence-corrected chi connectivity index (χ3v) is 3.93. The van der Waals surface area contributed by atoms with Crippen LogP contribution in [0.4, 0.5) is 0 Å². The standard InChI is InChI=1S/C14H28N2O/c1-10-6-5-9-13(10)16-14(17)11(2)7-4-8-12(3)15/h10-13H,4-9,15H2,1-3H3,(H,16,17). The van der Waals surface area contributed by atoms with Gasteiger partial charge in [-0.3, -0.25) is 4.79 Å². The van der Waals surface area contributed by atoms with Crippen LogP contribution in [-0.2, 0) is 4.79 Å². The average molecular weight is 240 g/mol. The molecule has 100 valence electrons. The molecule has 1 aliphatic carbocycles. The lowest BCUT2D eigenvalue weighted by Gasteiger charge is -2.20. The highest BCUT2D eigenvalue weighted by atomic mass is 16.1. The van der Waals surface area contributed by atoms with Crippen molar-refractivity contribution >= 4 is 5.91 Å². The van der Waals surface area contributed by atoms with Gasteiger partial charge in [0.05, 0.1) is 0 Å². The molecule has 0 saturated heterocycles. The molecule has 0 radical (unpaired) electrons. The average Bonchev–Trinajstić information content (AvgIpc) is 2.63. The minimum Gasteiger partial charge on any atom is -0.353 e. The molecule has 4 atom stereocenters. The molecular weight excluding hydrogens is 212 g/mol. The molecule has 3 heteroatoms. The van der Waals surface area contributed by atoms with Gasteiger partial charge in [-0.1, -0.05) is 26.7 Å². The number of amides is 1. The molecule has 0 heterocycles. The summed E-state index contributed by atoms with van der Waals surface area (Å²) in [7, 11) is 0. The second kappa shape index (κ2) is 7.00. The predicted octanol–water partition coefficient (Wildman–Crippen LogP) is 2.44. The van der Waals surface area contributed by atoms with E-state index >= 15 is 0 Å². The summed E-state index contributed by atoms with van der Waals surface area (Å²) in [6.45, 7) is 6.28. The molecule has 0 aliphatic heterocycles. The maximum absolute atomic E-state index is 12.0. The fraction of sp³-hybridized carbons (Fsp3) is 0.929. The Bertz CT molecular complexity index is 240. The monoisotopic (exact) mass is 240 g/mol. The Hall–Kier alpha value is -0.570. The number of hydrogen-bond acceptors (Lipinski definition) is 2. The Morgan fingerprint density at radius 1 is 1.35 bits per heavy atom. The summed E-state index contributed by atoms with van der Waals surface area (Å²) in [4.78, 5) is 12.0. The summed E-state index contributed by atoms with van der Waals surface area (Å²) < 4.78 is 0. The largest absolute Gasteiger partial charge is 0.353 e. The van der Waals surface area contributed by atoms with Crippen LogP contribution >= 0.6 is 0 Å². The van der Waals surface area contributed by atoms with Gasteiger partial charge in [0.1, 0.15) is 0 Å². The molecule has 3 nitrogen and oxygen atoms in total. The van der Waals surface area contributed by atoms with Gasteiger partial charge >= 0.3 is 0 Å². The second-order valence-corrected chi connectivity index (χ2v) is 5.83. The number of hydrogen-bond donors (Lipinski definition) is 2. The number of carbonyl (C=O) groups excluding carboxylic acids is 1. The number of rotatable bonds is 6. The van der Waals surface area contributed by atoms with Crippen molar-refractivity contribution in [3.05, 3.63) is 0 Å². The van der Waals surface area contributed by atoms with Crippen molar-refractivity contribution in [2.45, 2.75) is 71.4 Å². The SMILES string of the molecule is CC(N)CCCC(C)C(=O)NC1CCCC1C. The molecule has 0 spiro atoms. The summed E-state index contributed by atoms with van der Waals surface area (Å²) in [6.07, 6.45) is 6.67. The number of nitrogens with two attached hydrogens (primary N) is 1. The lowest BCUT2D eigenvalue weighted by Crippen LogP contribution is -2.39. The van der Waals surface area contributed by atoms with E-state index < -0.39 is 0 Å². The molecule has 0 bridgehead atoms. The number of nitrogens with one attached hydrogen (secondary N) is 1. The predicted molar refractivity (Wildman–Crippen MR) is 71.6 cm³/mol. The van der Waals surface area contributed by atoms with Crippen LogP contribution in [0, 0.1) is 11.8 Å². The van der Waals surface area contributed by atoms with E-state index in [1.165, 1.54) is 12.8 Å². The first-order chi connectivity index (χ1) is 8.00. The van der Waals surface area contributed by atoms with E-state index in [1.807, 2.05) is 13.8 Å². The van der Waals surface area contributed by atoms with Crippen LogP contribution in [0.25, 0.3) is 0 Å².